The van der Waals surface area contributed by atoms with Gasteiger partial charge in [-0.1, -0.05) is 60.7 Å². The summed E-state index contributed by atoms with van der Waals surface area (Å²) in [5.41, 5.74) is 3.18. The van der Waals surface area contributed by atoms with Crippen LogP contribution in [0.5, 0.6) is 0 Å². The number of fused-ring (bicyclic) bond motifs is 2. The molecule has 2 nitrogen and oxygen atoms in total. The minimum Gasteiger partial charge on any atom is -0.330 e. The normalized spacial score (nSPS) is 13.7. The second-order valence-corrected chi connectivity index (χ2v) is 5.46. The van der Waals surface area contributed by atoms with Gasteiger partial charge in [0.05, 0.1) is 0 Å². The van der Waals surface area contributed by atoms with E-state index in [0.29, 0.717) is 13.1 Å². The SMILES string of the molecule is O=C1c2ccccc2CN1Cc1cccc2ccccc12. The molecule has 0 bridgehead atoms. The molecule has 0 fully saturated rings. The Kier molecular flexibility index (Phi) is 2.74. The minimum absolute atomic E-state index is 0.138. The van der Waals surface area contributed by atoms with Crippen LogP contribution in [0.2, 0.25) is 0 Å². The van der Waals surface area contributed by atoms with Crippen LogP contribution in [0.4, 0.5) is 0 Å². The van der Waals surface area contributed by atoms with Gasteiger partial charge in [-0.2, -0.15) is 0 Å². The smallest absolute Gasteiger partial charge is 0.254 e. The molecule has 2 heteroatoms. The van der Waals surface area contributed by atoms with Gasteiger partial charge in [-0.05, 0) is 28.0 Å². The van der Waals surface area contributed by atoms with Crippen LogP contribution in [-0.2, 0) is 13.1 Å². The van der Waals surface area contributed by atoms with Gasteiger partial charge >= 0.3 is 0 Å². The number of nitrogens with zero attached hydrogens (tertiary/aromatic N) is 1. The van der Waals surface area contributed by atoms with E-state index in [4.69, 9.17) is 0 Å². The van der Waals surface area contributed by atoms with E-state index in [1.54, 1.807) is 0 Å². The summed E-state index contributed by atoms with van der Waals surface area (Å²) < 4.78 is 0. The summed E-state index contributed by atoms with van der Waals surface area (Å²) in [6.45, 7) is 1.37. The molecule has 0 atom stereocenters. The number of benzene rings is 3. The van der Waals surface area contributed by atoms with Gasteiger partial charge in [-0.25, -0.2) is 0 Å². The van der Waals surface area contributed by atoms with E-state index >= 15 is 0 Å². The summed E-state index contributed by atoms with van der Waals surface area (Å²) in [6, 6.07) is 22.5. The molecule has 0 spiro atoms. The predicted molar refractivity (Wildman–Crippen MR) is 84.0 cm³/mol. The van der Waals surface area contributed by atoms with Gasteiger partial charge < -0.3 is 4.90 Å². The highest BCUT2D eigenvalue weighted by Crippen LogP contribution is 2.26. The quantitative estimate of drug-likeness (QED) is 0.691. The minimum atomic E-state index is 0.138. The van der Waals surface area contributed by atoms with Crippen molar-refractivity contribution in [2.75, 3.05) is 0 Å². The zero-order valence-electron chi connectivity index (χ0n) is 11.6. The molecular weight excluding hydrogens is 258 g/mol. The van der Waals surface area contributed by atoms with Gasteiger partial charge in [-0.15, -0.1) is 0 Å². The zero-order chi connectivity index (χ0) is 14.2. The number of carbonyl (C=O) groups excluding carboxylic acids is 1. The fraction of sp³-hybridized carbons (Fsp3) is 0.105. The predicted octanol–water partition coefficient (Wildman–Crippen LogP) is 4.00. The summed E-state index contributed by atoms with van der Waals surface area (Å²) in [6.07, 6.45) is 0. The molecule has 1 aliphatic heterocycles. The molecule has 1 heterocycles. The van der Waals surface area contributed by atoms with E-state index in [9.17, 15) is 4.79 Å². The fourth-order valence-electron chi connectivity index (χ4n) is 3.08. The van der Waals surface area contributed by atoms with Gasteiger partial charge in [0, 0.05) is 18.7 Å². The standard InChI is InChI=1S/C19H15NO/c21-19-18-11-4-2-7-16(18)13-20(19)12-15-9-5-8-14-6-1-3-10-17(14)15/h1-11H,12-13H2. The summed E-state index contributed by atoms with van der Waals surface area (Å²) >= 11 is 0. The Morgan fingerprint density at radius 2 is 1.62 bits per heavy atom. The van der Waals surface area contributed by atoms with E-state index in [1.165, 1.54) is 16.3 Å². The maximum atomic E-state index is 12.5. The number of amides is 1. The average Bonchev–Trinajstić information content (AvgIpc) is 2.85. The lowest BCUT2D eigenvalue weighted by molar-refractivity contribution is 0.0767. The van der Waals surface area contributed by atoms with E-state index in [-0.39, 0.29) is 5.91 Å². The molecule has 102 valence electrons. The van der Waals surface area contributed by atoms with Crippen molar-refractivity contribution < 1.29 is 4.79 Å². The van der Waals surface area contributed by atoms with Crippen molar-refractivity contribution >= 4 is 16.7 Å². The highest BCUT2D eigenvalue weighted by molar-refractivity contribution is 5.98. The first kappa shape index (κ1) is 12.2. The maximum absolute atomic E-state index is 12.5. The Labute approximate surface area is 123 Å². The van der Waals surface area contributed by atoms with E-state index < -0.39 is 0 Å². The first-order chi connectivity index (χ1) is 10.3. The molecule has 1 aliphatic rings. The third-order valence-electron chi connectivity index (χ3n) is 4.14. The van der Waals surface area contributed by atoms with Crippen LogP contribution in [0.15, 0.2) is 66.7 Å². The third-order valence-corrected chi connectivity index (χ3v) is 4.14. The Bertz CT molecular complexity index is 832. The molecule has 3 aromatic carbocycles. The number of hydrogen-bond acceptors (Lipinski definition) is 1. The maximum Gasteiger partial charge on any atom is 0.254 e. The van der Waals surface area contributed by atoms with Crippen LogP contribution < -0.4 is 0 Å². The van der Waals surface area contributed by atoms with Crippen molar-refractivity contribution in [2.24, 2.45) is 0 Å². The first-order valence-electron chi connectivity index (χ1n) is 7.17. The Balaban J connectivity index is 1.70. The largest absolute Gasteiger partial charge is 0.330 e. The van der Waals surface area contributed by atoms with Gasteiger partial charge in [-0.3, -0.25) is 4.79 Å². The Morgan fingerprint density at radius 1 is 0.857 bits per heavy atom. The summed E-state index contributed by atoms with van der Waals surface area (Å²) in [5, 5.41) is 2.45. The van der Waals surface area contributed by atoms with Crippen LogP contribution in [0.3, 0.4) is 0 Å². The lowest BCUT2D eigenvalue weighted by atomic mass is 10.0. The van der Waals surface area contributed by atoms with E-state index in [0.717, 1.165) is 11.1 Å². The van der Waals surface area contributed by atoms with Crippen molar-refractivity contribution in [3.63, 3.8) is 0 Å². The monoisotopic (exact) mass is 273 g/mol. The van der Waals surface area contributed by atoms with Gasteiger partial charge in [0.2, 0.25) is 0 Å². The summed E-state index contributed by atoms with van der Waals surface area (Å²) in [5.74, 6) is 0.138. The lowest BCUT2D eigenvalue weighted by Gasteiger charge is -2.17. The number of hydrogen-bond donors (Lipinski definition) is 0. The molecule has 0 saturated carbocycles. The second-order valence-electron chi connectivity index (χ2n) is 5.46. The summed E-state index contributed by atoms with van der Waals surface area (Å²) in [7, 11) is 0. The van der Waals surface area contributed by atoms with Crippen LogP contribution in [-0.4, -0.2) is 10.8 Å². The highest BCUT2D eigenvalue weighted by atomic mass is 16.2. The first-order valence-corrected chi connectivity index (χ1v) is 7.17. The van der Waals surface area contributed by atoms with Crippen molar-refractivity contribution in [1.29, 1.82) is 0 Å². The Morgan fingerprint density at radius 3 is 2.52 bits per heavy atom. The van der Waals surface area contributed by atoms with Gasteiger partial charge in [0.1, 0.15) is 0 Å². The summed E-state index contributed by atoms with van der Waals surface area (Å²) in [4.78, 5) is 14.4. The molecule has 0 saturated heterocycles. The van der Waals surface area contributed by atoms with Crippen LogP contribution >= 0.6 is 0 Å². The number of carbonyl (C=O) groups is 1. The Hall–Kier alpha value is -2.61. The highest BCUT2D eigenvalue weighted by Gasteiger charge is 2.26. The van der Waals surface area contributed by atoms with Crippen LogP contribution in [0.1, 0.15) is 21.5 Å². The molecule has 0 unspecified atom stereocenters. The van der Waals surface area contributed by atoms with E-state index in [2.05, 4.69) is 30.3 Å². The van der Waals surface area contributed by atoms with Crippen molar-refractivity contribution in [2.45, 2.75) is 13.1 Å². The third kappa shape index (κ3) is 2.00. The molecule has 3 aromatic rings. The zero-order valence-corrected chi connectivity index (χ0v) is 11.6. The van der Waals surface area contributed by atoms with Gasteiger partial charge in [0.15, 0.2) is 0 Å². The number of rotatable bonds is 2. The molecule has 0 aliphatic carbocycles. The van der Waals surface area contributed by atoms with Gasteiger partial charge in [0.25, 0.3) is 5.91 Å². The van der Waals surface area contributed by atoms with E-state index in [1.807, 2.05) is 41.3 Å². The van der Waals surface area contributed by atoms with Crippen molar-refractivity contribution in [1.82, 2.24) is 4.90 Å². The van der Waals surface area contributed by atoms with Crippen LogP contribution in [0, 0.1) is 0 Å². The topological polar surface area (TPSA) is 20.3 Å². The van der Waals surface area contributed by atoms with Crippen molar-refractivity contribution in [3.05, 3.63) is 83.4 Å². The molecule has 0 aromatic heterocycles. The lowest BCUT2D eigenvalue weighted by Crippen LogP contribution is -2.23. The van der Waals surface area contributed by atoms with Crippen LogP contribution in [0.25, 0.3) is 10.8 Å². The molecule has 21 heavy (non-hydrogen) atoms. The molecular formula is C19H15NO. The fourth-order valence-corrected chi connectivity index (χ4v) is 3.08. The molecule has 0 N–H and O–H groups in total. The molecule has 0 radical (unpaired) electrons. The molecule has 4 rings (SSSR count). The second kappa shape index (κ2) is 4.74. The average molecular weight is 273 g/mol. The van der Waals surface area contributed by atoms with Crippen molar-refractivity contribution in [3.8, 4) is 0 Å². The molecule has 1 amide bonds.